The van der Waals surface area contributed by atoms with Crippen LogP contribution in [0.15, 0.2) is 24.3 Å². The first-order valence-corrected chi connectivity index (χ1v) is 9.59. The fraction of sp³-hybridized carbons (Fsp3) is 0.500. The Morgan fingerprint density at radius 3 is 1.93 bits per heavy atom. The van der Waals surface area contributed by atoms with Crippen LogP contribution < -0.4 is 21.7 Å². The van der Waals surface area contributed by atoms with Gasteiger partial charge in [-0.25, -0.2) is 0 Å². The second-order valence-electron chi connectivity index (χ2n) is 7.46. The molecule has 0 saturated carbocycles. The number of carbonyl (C=O) groups is 4. The van der Waals surface area contributed by atoms with Gasteiger partial charge in [0.25, 0.3) is 0 Å². The van der Waals surface area contributed by atoms with Gasteiger partial charge in [0.1, 0.15) is 23.9 Å². The van der Waals surface area contributed by atoms with E-state index in [0.717, 1.165) is 0 Å². The molecule has 0 aliphatic heterocycles. The number of hydrogen-bond donors (Lipinski definition) is 6. The third-order valence-electron chi connectivity index (χ3n) is 4.25. The van der Waals surface area contributed by atoms with E-state index >= 15 is 0 Å². The molecule has 10 nitrogen and oxygen atoms in total. The van der Waals surface area contributed by atoms with E-state index in [-0.39, 0.29) is 18.1 Å². The molecule has 10 heteroatoms. The Bertz CT molecular complexity index is 750. The number of rotatable bonds is 11. The summed E-state index contributed by atoms with van der Waals surface area (Å²) in [5.41, 5.74) is 5.97. The molecule has 1 rings (SSSR count). The van der Waals surface area contributed by atoms with Gasteiger partial charge in [-0.15, -0.1) is 0 Å². The molecule has 1 aromatic carbocycles. The minimum Gasteiger partial charge on any atom is -0.508 e. The van der Waals surface area contributed by atoms with Crippen LogP contribution in [0.5, 0.6) is 5.75 Å². The second-order valence-corrected chi connectivity index (χ2v) is 7.46. The van der Waals surface area contributed by atoms with Gasteiger partial charge < -0.3 is 31.9 Å². The molecule has 0 unspecified atom stereocenters. The third-order valence-corrected chi connectivity index (χ3v) is 4.25. The number of benzene rings is 1. The Hall–Kier alpha value is -3.14. The van der Waals surface area contributed by atoms with Crippen LogP contribution in [-0.2, 0) is 25.6 Å². The van der Waals surface area contributed by atoms with Crippen molar-refractivity contribution in [2.24, 2.45) is 11.7 Å². The summed E-state index contributed by atoms with van der Waals surface area (Å²) >= 11 is 0. The van der Waals surface area contributed by atoms with Crippen LogP contribution in [0.1, 0.15) is 32.8 Å². The van der Waals surface area contributed by atoms with Gasteiger partial charge in [0, 0.05) is 13.3 Å². The molecule has 0 aliphatic rings. The molecule has 0 radical (unpaired) electrons. The number of nitrogens with one attached hydrogen (secondary N) is 3. The van der Waals surface area contributed by atoms with Crippen LogP contribution in [-0.4, -0.2) is 58.6 Å². The van der Waals surface area contributed by atoms with Crippen molar-refractivity contribution >= 4 is 23.6 Å². The number of aliphatic hydroxyl groups is 1. The van der Waals surface area contributed by atoms with E-state index in [1.165, 1.54) is 19.1 Å². The molecule has 0 heterocycles. The van der Waals surface area contributed by atoms with Crippen molar-refractivity contribution in [3.05, 3.63) is 29.8 Å². The summed E-state index contributed by atoms with van der Waals surface area (Å²) < 4.78 is 0. The number of carbonyl (C=O) groups excluding carboxylic acids is 4. The van der Waals surface area contributed by atoms with E-state index < -0.39 is 48.4 Å². The summed E-state index contributed by atoms with van der Waals surface area (Å²) in [5.74, 6) is -2.48. The number of primary amides is 1. The monoisotopic (exact) mass is 422 g/mol. The standard InChI is InChI=1S/C20H30N4O6/c1-11(2)8-15(18(21)28)23-20(30)17(10-25)24-19(29)16(22-12(3)26)9-13-4-6-14(27)7-5-13/h4-7,11,15-17,25,27H,8-10H2,1-3H3,(H2,21,28)(H,22,26)(H,23,30)(H,24,29)/t15-,16-,17-/m0/s1. The zero-order valence-electron chi connectivity index (χ0n) is 17.3. The molecular weight excluding hydrogens is 392 g/mol. The van der Waals surface area contributed by atoms with E-state index in [0.29, 0.717) is 12.0 Å². The fourth-order valence-electron chi connectivity index (χ4n) is 2.78. The lowest BCUT2D eigenvalue weighted by Gasteiger charge is -2.24. The number of amides is 4. The summed E-state index contributed by atoms with van der Waals surface area (Å²) in [4.78, 5) is 48.2. The predicted octanol–water partition coefficient (Wildman–Crippen LogP) is -1.07. The SMILES string of the molecule is CC(=O)N[C@@H](Cc1ccc(O)cc1)C(=O)N[C@@H](CO)C(=O)N[C@@H](CC(C)C)C(N)=O. The molecule has 4 amide bonds. The molecule has 0 fully saturated rings. The highest BCUT2D eigenvalue weighted by Gasteiger charge is 2.28. The van der Waals surface area contributed by atoms with Crippen molar-refractivity contribution in [3.8, 4) is 5.75 Å². The molecule has 30 heavy (non-hydrogen) atoms. The van der Waals surface area contributed by atoms with Crippen LogP contribution in [0.25, 0.3) is 0 Å². The zero-order chi connectivity index (χ0) is 22.8. The highest BCUT2D eigenvalue weighted by atomic mass is 16.3. The lowest BCUT2D eigenvalue weighted by atomic mass is 10.0. The topological polar surface area (TPSA) is 171 Å². The van der Waals surface area contributed by atoms with Crippen molar-refractivity contribution in [1.29, 1.82) is 0 Å². The van der Waals surface area contributed by atoms with Gasteiger partial charge in [0.15, 0.2) is 0 Å². The maximum absolute atomic E-state index is 12.7. The molecule has 0 spiro atoms. The molecule has 166 valence electrons. The van der Waals surface area contributed by atoms with Crippen LogP contribution in [0, 0.1) is 5.92 Å². The van der Waals surface area contributed by atoms with Crippen LogP contribution in [0.2, 0.25) is 0 Å². The molecule has 3 atom stereocenters. The van der Waals surface area contributed by atoms with Crippen molar-refractivity contribution in [1.82, 2.24) is 16.0 Å². The van der Waals surface area contributed by atoms with E-state index in [4.69, 9.17) is 5.73 Å². The fourth-order valence-corrected chi connectivity index (χ4v) is 2.78. The normalized spacial score (nSPS) is 13.8. The maximum atomic E-state index is 12.7. The first kappa shape index (κ1) is 24.9. The summed E-state index contributed by atoms with van der Waals surface area (Å²) in [7, 11) is 0. The Morgan fingerprint density at radius 1 is 0.933 bits per heavy atom. The molecule has 0 bridgehead atoms. The third kappa shape index (κ3) is 8.48. The number of phenols is 1. The van der Waals surface area contributed by atoms with Crippen LogP contribution in [0.3, 0.4) is 0 Å². The predicted molar refractivity (Wildman–Crippen MR) is 109 cm³/mol. The van der Waals surface area contributed by atoms with Crippen molar-refractivity contribution < 1.29 is 29.4 Å². The molecule has 1 aromatic rings. The van der Waals surface area contributed by atoms with Gasteiger partial charge in [-0.1, -0.05) is 26.0 Å². The first-order chi connectivity index (χ1) is 14.0. The second kappa shape index (κ2) is 11.8. The van der Waals surface area contributed by atoms with Gasteiger partial charge in [-0.05, 0) is 30.0 Å². The van der Waals surface area contributed by atoms with Crippen molar-refractivity contribution in [2.75, 3.05) is 6.61 Å². The molecule has 7 N–H and O–H groups in total. The number of phenolic OH excluding ortho intramolecular Hbond substituents is 1. The van der Waals surface area contributed by atoms with Gasteiger partial charge in [0.05, 0.1) is 6.61 Å². The van der Waals surface area contributed by atoms with E-state index in [2.05, 4.69) is 16.0 Å². The molecule has 0 aromatic heterocycles. The Kier molecular flexibility index (Phi) is 9.76. The Balaban J connectivity index is 2.87. The van der Waals surface area contributed by atoms with Crippen molar-refractivity contribution in [2.45, 2.75) is 51.7 Å². The summed E-state index contributed by atoms with van der Waals surface area (Å²) in [6.45, 7) is 4.25. The summed E-state index contributed by atoms with van der Waals surface area (Å²) in [6.07, 6.45) is 0.408. The zero-order valence-corrected chi connectivity index (χ0v) is 17.3. The molecule has 0 saturated heterocycles. The smallest absolute Gasteiger partial charge is 0.245 e. The highest BCUT2D eigenvalue weighted by Crippen LogP contribution is 2.12. The van der Waals surface area contributed by atoms with E-state index in [1.807, 2.05) is 13.8 Å². The largest absolute Gasteiger partial charge is 0.508 e. The number of nitrogens with two attached hydrogens (primary N) is 1. The Labute approximate surface area is 175 Å². The highest BCUT2D eigenvalue weighted by molar-refractivity contribution is 5.94. The number of aliphatic hydroxyl groups excluding tert-OH is 1. The van der Waals surface area contributed by atoms with Gasteiger partial charge in [-0.3, -0.25) is 19.2 Å². The summed E-state index contributed by atoms with van der Waals surface area (Å²) in [6, 6.07) is 2.79. The minimum atomic E-state index is -1.33. The van der Waals surface area contributed by atoms with E-state index in [9.17, 15) is 29.4 Å². The van der Waals surface area contributed by atoms with Gasteiger partial charge in [-0.2, -0.15) is 0 Å². The molecule has 0 aliphatic carbocycles. The van der Waals surface area contributed by atoms with E-state index in [1.54, 1.807) is 12.1 Å². The summed E-state index contributed by atoms with van der Waals surface area (Å²) in [5, 5.41) is 26.2. The number of hydrogen-bond acceptors (Lipinski definition) is 6. The minimum absolute atomic E-state index is 0.0571. The van der Waals surface area contributed by atoms with Crippen molar-refractivity contribution in [3.63, 3.8) is 0 Å². The van der Waals surface area contributed by atoms with Gasteiger partial charge >= 0.3 is 0 Å². The van der Waals surface area contributed by atoms with Gasteiger partial charge in [0.2, 0.25) is 23.6 Å². The lowest BCUT2D eigenvalue weighted by Crippen LogP contribution is -2.57. The van der Waals surface area contributed by atoms with Crippen LogP contribution >= 0.6 is 0 Å². The quantitative estimate of drug-likeness (QED) is 0.265. The lowest BCUT2D eigenvalue weighted by molar-refractivity contribution is -0.134. The Morgan fingerprint density at radius 2 is 1.47 bits per heavy atom. The first-order valence-electron chi connectivity index (χ1n) is 9.59. The average molecular weight is 422 g/mol. The maximum Gasteiger partial charge on any atom is 0.245 e. The number of aromatic hydroxyl groups is 1. The average Bonchev–Trinajstić information content (AvgIpc) is 2.65. The van der Waals surface area contributed by atoms with Crippen LogP contribution in [0.4, 0.5) is 0 Å². The molecular formula is C20H30N4O6.